The van der Waals surface area contributed by atoms with Crippen molar-refractivity contribution in [3.8, 4) is 11.1 Å². The first-order valence-electron chi connectivity index (χ1n) is 11.1. The number of carbonyl (C=O) groups is 3. The Balaban J connectivity index is 1.82. The summed E-state index contributed by atoms with van der Waals surface area (Å²) in [5.41, 5.74) is 2.06. The summed E-state index contributed by atoms with van der Waals surface area (Å²) in [4.78, 5) is 35.9. The molecule has 10 nitrogen and oxygen atoms in total. The minimum Gasteiger partial charge on any atom is -0.465 e. The molecule has 0 unspecified atom stereocenters. The van der Waals surface area contributed by atoms with Crippen molar-refractivity contribution in [1.29, 1.82) is 0 Å². The van der Waals surface area contributed by atoms with Crippen molar-refractivity contribution >= 4 is 45.4 Å². The number of esters is 1. The highest BCUT2D eigenvalue weighted by molar-refractivity contribution is 6.08. The molecule has 2 heterocycles. The van der Waals surface area contributed by atoms with Crippen molar-refractivity contribution < 1.29 is 23.5 Å². The molecular weight excluding hydrogens is 455 g/mol. The number of nitrogens with zero attached hydrogens (tertiary/aromatic N) is 4. The maximum atomic E-state index is 15.2. The molecule has 0 aliphatic carbocycles. The van der Waals surface area contributed by atoms with Crippen LogP contribution in [0.2, 0.25) is 0 Å². The van der Waals surface area contributed by atoms with E-state index in [9.17, 15) is 14.4 Å². The minimum absolute atomic E-state index is 0.0172. The van der Waals surface area contributed by atoms with Gasteiger partial charge in [0.2, 0.25) is 11.8 Å². The quantitative estimate of drug-likeness (QED) is 0.374. The number of ether oxygens (including phenoxy) is 1. The Hall–Kier alpha value is -4.28. The highest BCUT2D eigenvalue weighted by Crippen LogP contribution is 2.36. The van der Waals surface area contributed by atoms with Crippen LogP contribution in [0, 0.1) is 5.82 Å². The van der Waals surface area contributed by atoms with E-state index in [-0.39, 0.29) is 37.8 Å². The van der Waals surface area contributed by atoms with Crippen LogP contribution in [0.25, 0.3) is 32.9 Å². The summed E-state index contributed by atoms with van der Waals surface area (Å²) in [5, 5.41) is 15.1. The molecule has 0 saturated heterocycles. The molecule has 0 fully saturated rings. The third-order valence-electron chi connectivity index (χ3n) is 5.47. The molecule has 2 aromatic carbocycles. The number of anilines is 1. The van der Waals surface area contributed by atoms with Crippen LogP contribution >= 0.6 is 0 Å². The van der Waals surface area contributed by atoms with Crippen molar-refractivity contribution in [3.05, 3.63) is 42.3 Å². The first-order chi connectivity index (χ1) is 16.8. The molecule has 2 aromatic heterocycles. The Morgan fingerprint density at radius 3 is 2.69 bits per heavy atom. The molecular formula is C24H25FN6O4. The second kappa shape index (κ2) is 9.92. The summed E-state index contributed by atoms with van der Waals surface area (Å²) in [7, 11) is 1.77. The number of nitrogens with one attached hydrogen (secondary N) is 2. The van der Waals surface area contributed by atoms with Gasteiger partial charge in [0.05, 0.1) is 29.2 Å². The van der Waals surface area contributed by atoms with Crippen molar-refractivity contribution in [1.82, 2.24) is 24.9 Å². The van der Waals surface area contributed by atoms with Crippen LogP contribution in [0.15, 0.2) is 36.5 Å². The van der Waals surface area contributed by atoms with Crippen LogP contribution in [-0.4, -0.2) is 50.5 Å². The largest absolute Gasteiger partial charge is 0.465 e. The number of rotatable bonds is 8. The molecule has 0 bridgehead atoms. The third-order valence-corrected chi connectivity index (χ3v) is 5.47. The summed E-state index contributed by atoms with van der Waals surface area (Å²) in [5.74, 6) is -1.41. The van der Waals surface area contributed by atoms with Gasteiger partial charge in [-0.2, -0.15) is 10.2 Å². The van der Waals surface area contributed by atoms with Crippen molar-refractivity contribution in [2.75, 3.05) is 18.5 Å². The number of hydrogen-bond acceptors (Lipinski definition) is 6. The molecule has 2 amide bonds. The molecule has 0 atom stereocenters. The van der Waals surface area contributed by atoms with Gasteiger partial charge in [0, 0.05) is 37.9 Å². The van der Waals surface area contributed by atoms with Crippen LogP contribution < -0.4 is 10.6 Å². The third kappa shape index (κ3) is 4.98. The molecule has 182 valence electrons. The molecule has 35 heavy (non-hydrogen) atoms. The summed E-state index contributed by atoms with van der Waals surface area (Å²) >= 11 is 0. The highest BCUT2D eigenvalue weighted by atomic mass is 19.1. The Morgan fingerprint density at radius 1 is 1.14 bits per heavy atom. The van der Waals surface area contributed by atoms with E-state index in [1.807, 2.05) is 0 Å². The lowest BCUT2D eigenvalue weighted by Crippen LogP contribution is -2.25. The van der Waals surface area contributed by atoms with E-state index in [1.165, 1.54) is 17.7 Å². The van der Waals surface area contributed by atoms with Gasteiger partial charge in [-0.15, -0.1) is 0 Å². The molecule has 0 spiro atoms. The predicted octanol–water partition coefficient (Wildman–Crippen LogP) is 2.76. The topological polar surface area (TPSA) is 120 Å². The molecule has 0 saturated carbocycles. The Labute approximate surface area is 200 Å². The maximum Gasteiger partial charge on any atom is 0.327 e. The van der Waals surface area contributed by atoms with Crippen LogP contribution in [0.5, 0.6) is 0 Å². The van der Waals surface area contributed by atoms with E-state index in [2.05, 4.69) is 20.8 Å². The predicted molar refractivity (Wildman–Crippen MR) is 128 cm³/mol. The maximum absolute atomic E-state index is 15.2. The Morgan fingerprint density at radius 2 is 1.94 bits per heavy atom. The van der Waals surface area contributed by atoms with Gasteiger partial charge in [-0.05, 0) is 30.7 Å². The van der Waals surface area contributed by atoms with Crippen molar-refractivity contribution in [2.45, 2.75) is 26.8 Å². The van der Waals surface area contributed by atoms with E-state index < -0.39 is 17.7 Å². The molecule has 0 radical (unpaired) electrons. The molecule has 4 aromatic rings. The number of fused-ring (bicyclic) bond motifs is 2. The molecule has 0 aliphatic heterocycles. The van der Waals surface area contributed by atoms with Gasteiger partial charge >= 0.3 is 5.97 Å². The van der Waals surface area contributed by atoms with Crippen LogP contribution in [0.4, 0.5) is 10.2 Å². The summed E-state index contributed by atoms with van der Waals surface area (Å²) in [6.45, 7) is 3.25. The first kappa shape index (κ1) is 23.9. The zero-order valence-corrected chi connectivity index (χ0v) is 19.6. The van der Waals surface area contributed by atoms with E-state index in [0.29, 0.717) is 27.4 Å². The van der Waals surface area contributed by atoms with E-state index >= 15 is 4.39 Å². The van der Waals surface area contributed by atoms with Gasteiger partial charge in [-0.1, -0.05) is 12.1 Å². The number of hydrogen-bond donors (Lipinski definition) is 2. The average Bonchev–Trinajstić information content (AvgIpc) is 3.33. The molecule has 2 N–H and O–H groups in total. The number of carbonyl (C=O) groups excluding carboxylic acids is 3. The van der Waals surface area contributed by atoms with Crippen LogP contribution in [0.3, 0.4) is 0 Å². The molecule has 4 rings (SSSR count). The fourth-order valence-corrected chi connectivity index (χ4v) is 3.91. The fraction of sp³-hybridized carbons (Fsp3) is 0.292. The highest BCUT2D eigenvalue weighted by Gasteiger charge is 2.21. The summed E-state index contributed by atoms with van der Waals surface area (Å²) < 4.78 is 23.3. The number of amides is 2. The van der Waals surface area contributed by atoms with Crippen LogP contribution in [0.1, 0.15) is 20.3 Å². The van der Waals surface area contributed by atoms with Gasteiger partial charge in [-0.25, -0.2) is 4.39 Å². The first-order valence-corrected chi connectivity index (χ1v) is 11.1. The number of aromatic nitrogens is 4. The summed E-state index contributed by atoms with van der Waals surface area (Å²) in [6.07, 6.45) is 1.60. The second-order valence-corrected chi connectivity index (χ2v) is 7.95. The number of halogens is 1. The average molecular weight is 481 g/mol. The van der Waals surface area contributed by atoms with E-state index in [1.54, 1.807) is 49.1 Å². The van der Waals surface area contributed by atoms with Gasteiger partial charge in [0.25, 0.3) is 0 Å². The lowest BCUT2D eigenvalue weighted by Gasteiger charge is -2.09. The zero-order valence-electron chi connectivity index (χ0n) is 19.6. The van der Waals surface area contributed by atoms with Gasteiger partial charge in [-0.3, -0.25) is 23.7 Å². The van der Waals surface area contributed by atoms with Crippen molar-refractivity contribution in [3.63, 3.8) is 0 Å². The standard InChI is InChI=1S/C24H25FN6O4/c1-4-35-22(34)13-31-19-7-5-6-16(17-11-20-15(10-18(17)25)12-27-30(20)3)23(19)24(29-31)28-21(33)8-9-26-14(2)32/h5-7,10-12H,4,8-9,13H2,1-3H3,(H,26,32)(H,28,29,33). The van der Waals surface area contributed by atoms with Gasteiger partial charge in [0.1, 0.15) is 12.4 Å². The fourth-order valence-electron chi connectivity index (χ4n) is 3.91. The number of aryl methyl sites for hydroxylation is 1. The Kier molecular flexibility index (Phi) is 6.76. The van der Waals surface area contributed by atoms with Crippen LogP contribution in [-0.2, 0) is 32.7 Å². The minimum atomic E-state index is -0.492. The zero-order chi connectivity index (χ0) is 25.1. The lowest BCUT2D eigenvalue weighted by molar-refractivity contribution is -0.144. The van der Waals surface area contributed by atoms with Crippen molar-refractivity contribution in [2.24, 2.45) is 7.05 Å². The van der Waals surface area contributed by atoms with Gasteiger partial charge in [0.15, 0.2) is 5.82 Å². The normalized spacial score (nSPS) is 11.1. The number of benzene rings is 2. The van der Waals surface area contributed by atoms with E-state index in [0.717, 1.165) is 5.52 Å². The molecule has 0 aliphatic rings. The second-order valence-electron chi connectivity index (χ2n) is 7.95. The molecule has 11 heteroatoms. The smallest absolute Gasteiger partial charge is 0.327 e. The van der Waals surface area contributed by atoms with Gasteiger partial charge < -0.3 is 15.4 Å². The van der Waals surface area contributed by atoms with E-state index in [4.69, 9.17) is 4.74 Å². The SMILES string of the molecule is CCOC(=O)Cn1nc(NC(=O)CCNC(C)=O)c2c(-c3cc4c(cnn4C)cc3F)cccc21. The monoisotopic (exact) mass is 480 g/mol. The lowest BCUT2D eigenvalue weighted by atomic mass is 9.99. The Bertz CT molecular complexity index is 1440. The summed E-state index contributed by atoms with van der Waals surface area (Å²) in [6, 6.07) is 8.30.